The highest BCUT2D eigenvalue weighted by atomic mass is 79.9. The number of aliphatic hydroxyl groups excluding tert-OH is 1. The van der Waals surface area contributed by atoms with Crippen LogP contribution in [0.15, 0.2) is 22.8 Å². The first-order valence-corrected chi connectivity index (χ1v) is 4.01. The van der Waals surface area contributed by atoms with Crippen LogP contribution in [-0.2, 0) is 0 Å². The predicted molar refractivity (Wildman–Crippen MR) is 60.4 cm³/mol. The van der Waals surface area contributed by atoms with Gasteiger partial charge in [0.05, 0.1) is 18.3 Å². The van der Waals surface area contributed by atoms with Crippen LogP contribution in [0.3, 0.4) is 0 Å². The fourth-order valence-corrected chi connectivity index (χ4v) is 0.935. The third kappa shape index (κ3) is 4.78. The first-order valence-electron chi connectivity index (χ1n) is 3.22. The van der Waals surface area contributed by atoms with Crippen LogP contribution in [0, 0.1) is 0 Å². The molecule has 0 radical (unpaired) electrons. The Bertz CT molecular complexity index is 232. The summed E-state index contributed by atoms with van der Waals surface area (Å²) >= 11 is 3.25. The molecule has 0 spiro atoms. The first kappa shape index (κ1) is 15.6. The molecule has 0 aliphatic carbocycles. The topological polar surface area (TPSA) is 59.1 Å². The Morgan fingerprint density at radius 3 is 2.46 bits per heavy atom. The Morgan fingerprint density at radius 2 is 2.08 bits per heavy atom. The number of nitrogens with two attached hydrogens (primary N) is 1. The van der Waals surface area contributed by atoms with Gasteiger partial charge in [-0.05, 0) is 28.1 Å². The maximum Gasteiger partial charge on any atom is 0.0704 e. The lowest BCUT2D eigenvalue weighted by Crippen LogP contribution is -2.15. The lowest BCUT2D eigenvalue weighted by atomic mass is 10.2. The number of nitrogens with zero attached hydrogens (tertiary/aromatic N) is 1. The van der Waals surface area contributed by atoms with E-state index in [1.807, 2.05) is 6.07 Å². The van der Waals surface area contributed by atoms with Gasteiger partial charge in [-0.3, -0.25) is 4.98 Å². The molecule has 6 heteroatoms. The quantitative estimate of drug-likeness (QED) is 0.871. The van der Waals surface area contributed by atoms with Gasteiger partial charge in [0.1, 0.15) is 0 Å². The van der Waals surface area contributed by atoms with E-state index >= 15 is 0 Å². The molecule has 1 aromatic heterocycles. The largest absolute Gasteiger partial charge is 0.394 e. The second-order valence-corrected chi connectivity index (χ2v) is 3.11. The highest BCUT2D eigenvalue weighted by Gasteiger charge is 2.03. The summed E-state index contributed by atoms with van der Waals surface area (Å²) in [5.41, 5.74) is 6.22. The van der Waals surface area contributed by atoms with Crippen LogP contribution in [0.25, 0.3) is 0 Å². The van der Waals surface area contributed by atoms with Gasteiger partial charge in [-0.2, -0.15) is 0 Å². The first-order chi connectivity index (χ1) is 5.24. The van der Waals surface area contributed by atoms with Crippen molar-refractivity contribution in [3.05, 3.63) is 28.5 Å². The van der Waals surface area contributed by atoms with E-state index < -0.39 is 0 Å². The van der Waals surface area contributed by atoms with Gasteiger partial charge in [-0.25, -0.2) is 0 Å². The minimum atomic E-state index is -0.372. The molecule has 1 atom stereocenters. The fourth-order valence-electron chi connectivity index (χ4n) is 0.700. The minimum absolute atomic E-state index is 0. The van der Waals surface area contributed by atoms with Crippen molar-refractivity contribution in [3.63, 3.8) is 0 Å². The average Bonchev–Trinajstić information content (AvgIpc) is 2.05. The summed E-state index contributed by atoms with van der Waals surface area (Å²) in [5, 5.41) is 8.68. The van der Waals surface area contributed by atoms with E-state index in [1.165, 1.54) is 0 Å². The number of rotatable bonds is 2. The molecule has 1 rings (SSSR count). The zero-order valence-electron chi connectivity index (χ0n) is 6.68. The van der Waals surface area contributed by atoms with Gasteiger partial charge >= 0.3 is 0 Å². The Hall–Kier alpha value is 0.130. The lowest BCUT2D eigenvalue weighted by molar-refractivity contribution is 0.266. The van der Waals surface area contributed by atoms with Crippen molar-refractivity contribution in [3.8, 4) is 0 Å². The predicted octanol–water partition coefficient (Wildman–Crippen LogP) is 1.68. The lowest BCUT2D eigenvalue weighted by Gasteiger charge is -2.05. The maximum atomic E-state index is 8.68. The smallest absolute Gasteiger partial charge is 0.0704 e. The zero-order valence-corrected chi connectivity index (χ0v) is 9.90. The van der Waals surface area contributed by atoms with E-state index in [-0.39, 0.29) is 37.5 Å². The van der Waals surface area contributed by atoms with E-state index in [0.717, 1.165) is 4.47 Å². The number of halogens is 3. The van der Waals surface area contributed by atoms with Crippen LogP contribution in [0.5, 0.6) is 0 Å². The number of hydrogen-bond acceptors (Lipinski definition) is 3. The Labute approximate surface area is 97.7 Å². The van der Waals surface area contributed by atoms with Gasteiger partial charge in [0, 0.05) is 10.7 Å². The van der Waals surface area contributed by atoms with Crippen molar-refractivity contribution >= 4 is 40.7 Å². The number of aliphatic hydroxyl groups is 1. The van der Waals surface area contributed by atoms with Crippen LogP contribution in [0.1, 0.15) is 11.7 Å². The van der Waals surface area contributed by atoms with E-state index in [2.05, 4.69) is 20.9 Å². The SMILES string of the molecule is Cl.Cl.NC(CO)c1ccc(Br)cn1. The van der Waals surface area contributed by atoms with Crippen LogP contribution in [0.2, 0.25) is 0 Å². The minimum Gasteiger partial charge on any atom is -0.394 e. The summed E-state index contributed by atoms with van der Waals surface area (Å²) in [5.74, 6) is 0. The molecule has 13 heavy (non-hydrogen) atoms. The third-order valence-corrected chi connectivity index (χ3v) is 1.80. The molecule has 0 amide bonds. The van der Waals surface area contributed by atoms with Crippen molar-refractivity contribution in [2.24, 2.45) is 5.73 Å². The summed E-state index contributed by atoms with van der Waals surface area (Å²) < 4.78 is 0.909. The molecule has 3 N–H and O–H groups in total. The van der Waals surface area contributed by atoms with Crippen LogP contribution in [0.4, 0.5) is 0 Å². The summed E-state index contributed by atoms with van der Waals surface area (Å²) in [6.45, 7) is -0.0748. The van der Waals surface area contributed by atoms with Gasteiger partial charge in [-0.15, -0.1) is 24.8 Å². The van der Waals surface area contributed by atoms with Crippen molar-refractivity contribution in [2.45, 2.75) is 6.04 Å². The number of pyridine rings is 1. The summed E-state index contributed by atoms with van der Waals surface area (Å²) in [4.78, 5) is 4.02. The molecular weight excluding hydrogens is 279 g/mol. The second-order valence-electron chi connectivity index (χ2n) is 2.19. The monoisotopic (exact) mass is 288 g/mol. The highest BCUT2D eigenvalue weighted by molar-refractivity contribution is 9.10. The molecule has 0 saturated heterocycles. The molecule has 0 aromatic carbocycles. The summed E-state index contributed by atoms with van der Waals surface area (Å²) in [7, 11) is 0. The van der Waals surface area contributed by atoms with Crippen LogP contribution < -0.4 is 5.73 Å². The molecule has 1 heterocycles. The number of aromatic nitrogens is 1. The van der Waals surface area contributed by atoms with Crippen molar-refractivity contribution in [2.75, 3.05) is 6.61 Å². The molecule has 0 saturated carbocycles. The average molecular weight is 290 g/mol. The van der Waals surface area contributed by atoms with Crippen molar-refractivity contribution in [1.29, 1.82) is 0 Å². The van der Waals surface area contributed by atoms with Crippen LogP contribution in [-0.4, -0.2) is 16.7 Å². The van der Waals surface area contributed by atoms with E-state index in [4.69, 9.17) is 10.8 Å². The Morgan fingerprint density at radius 1 is 1.46 bits per heavy atom. The molecular formula is C7H11BrCl2N2O. The molecule has 0 bridgehead atoms. The summed E-state index contributed by atoms with van der Waals surface area (Å²) in [6.07, 6.45) is 1.66. The van der Waals surface area contributed by atoms with E-state index in [0.29, 0.717) is 5.69 Å². The standard InChI is InChI=1S/C7H9BrN2O.2ClH/c8-5-1-2-7(10-3-5)6(9)4-11;;/h1-3,6,11H,4,9H2;2*1H. The molecule has 76 valence electrons. The molecule has 0 fully saturated rings. The zero-order chi connectivity index (χ0) is 8.27. The Kier molecular flexibility index (Phi) is 9.03. The third-order valence-electron chi connectivity index (χ3n) is 1.33. The van der Waals surface area contributed by atoms with Crippen molar-refractivity contribution in [1.82, 2.24) is 4.98 Å². The number of hydrogen-bond donors (Lipinski definition) is 2. The van der Waals surface area contributed by atoms with E-state index in [9.17, 15) is 0 Å². The molecule has 0 aliphatic heterocycles. The highest BCUT2D eigenvalue weighted by Crippen LogP contribution is 2.11. The molecule has 3 nitrogen and oxygen atoms in total. The van der Waals surface area contributed by atoms with Gasteiger partial charge in [-0.1, -0.05) is 0 Å². The molecule has 0 aliphatic rings. The molecule has 1 aromatic rings. The Balaban J connectivity index is 0. The summed E-state index contributed by atoms with van der Waals surface area (Å²) in [6, 6.07) is 3.26. The van der Waals surface area contributed by atoms with Gasteiger partial charge in [0.15, 0.2) is 0 Å². The maximum absolute atomic E-state index is 8.68. The second kappa shape index (κ2) is 7.53. The van der Waals surface area contributed by atoms with E-state index in [1.54, 1.807) is 12.3 Å². The van der Waals surface area contributed by atoms with Crippen molar-refractivity contribution < 1.29 is 5.11 Å². The fraction of sp³-hybridized carbons (Fsp3) is 0.286. The molecule has 1 unspecified atom stereocenters. The van der Waals surface area contributed by atoms with Gasteiger partial charge in [0.2, 0.25) is 0 Å². The van der Waals surface area contributed by atoms with Crippen LogP contribution >= 0.6 is 40.7 Å². The van der Waals surface area contributed by atoms with Gasteiger partial charge < -0.3 is 10.8 Å². The van der Waals surface area contributed by atoms with Gasteiger partial charge in [0.25, 0.3) is 0 Å². The normalized spacial score (nSPS) is 11.0.